The van der Waals surface area contributed by atoms with Crippen molar-refractivity contribution >= 4 is 28.8 Å². The van der Waals surface area contributed by atoms with E-state index in [0.717, 1.165) is 47.8 Å². The summed E-state index contributed by atoms with van der Waals surface area (Å²) in [5.41, 5.74) is 2.50. The molecule has 0 saturated heterocycles. The summed E-state index contributed by atoms with van der Waals surface area (Å²) in [6, 6.07) is 1.85. The molecule has 24 heavy (non-hydrogen) atoms. The lowest BCUT2D eigenvalue weighted by atomic mass is 10.3. The molecule has 1 aliphatic heterocycles. The van der Waals surface area contributed by atoms with Crippen LogP contribution in [-0.2, 0) is 17.8 Å². The third kappa shape index (κ3) is 2.91. The lowest BCUT2D eigenvalue weighted by Gasteiger charge is -2.15. The molecule has 1 aliphatic carbocycles. The summed E-state index contributed by atoms with van der Waals surface area (Å²) in [5.74, 6) is 0.289. The maximum Gasteiger partial charge on any atom is 0.261 e. The lowest BCUT2D eigenvalue weighted by molar-refractivity contribution is -0.119. The Balaban J connectivity index is 1.43. The molecular weight excluding hydrogens is 324 g/mol. The molecule has 124 valence electrons. The topological polar surface area (TPSA) is 75.2 Å². The number of nitrogens with zero attached hydrogens (tertiary/aromatic N) is 3. The van der Waals surface area contributed by atoms with E-state index in [-0.39, 0.29) is 17.7 Å². The maximum absolute atomic E-state index is 12.4. The van der Waals surface area contributed by atoms with E-state index in [1.54, 1.807) is 12.4 Å². The van der Waals surface area contributed by atoms with Crippen molar-refractivity contribution in [2.24, 2.45) is 5.92 Å². The number of fused-ring (bicyclic) bond motifs is 1. The Hall–Kier alpha value is -2.28. The number of anilines is 1. The molecule has 1 saturated carbocycles. The van der Waals surface area contributed by atoms with Crippen molar-refractivity contribution in [1.29, 1.82) is 0 Å². The van der Waals surface area contributed by atoms with Crippen molar-refractivity contribution in [3.63, 3.8) is 0 Å². The number of hydrogen-bond donors (Lipinski definition) is 1. The van der Waals surface area contributed by atoms with Crippen molar-refractivity contribution in [2.75, 3.05) is 11.4 Å². The van der Waals surface area contributed by atoms with E-state index in [1.807, 2.05) is 17.9 Å². The largest absolute Gasteiger partial charge is 0.346 e. The first-order valence-electron chi connectivity index (χ1n) is 8.11. The minimum atomic E-state index is -0.129. The Kier molecular flexibility index (Phi) is 3.80. The number of aromatic nitrogens is 2. The maximum atomic E-state index is 12.4. The van der Waals surface area contributed by atoms with Gasteiger partial charge >= 0.3 is 0 Å². The van der Waals surface area contributed by atoms with Crippen LogP contribution in [-0.4, -0.2) is 28.3 Å². The van der Waals surface area contributed by atoms with Crippen molar-refractivity contribution in [2.45, 2.75) is 32.7 Å². The van der Waals surface area contributed by atoms with Crippen LogP contribution in [0.15, 0.2) is 18.5 Å². The minimum absolute atomic E-state index is 0.129. The summed E-state index contributed by atoms with van der Waals surface area (Å²) in [7, 11) is 0. The smallest absolute Gasteiger partial charge is 0.261 e. The Bertz CT molecular complexity index is 795. The standard InChI is InChI=1S/C17H18N4O2S/c1-10-7-19-12(8-18-10)9-20-16(22)15-6-13-14(24-15)4-5-21(13)17(23)11-2-3-11/h6-8,11H,2-5,9H2,1H3,(H,20,22). The number of rotatable bonds is 4. The Morgan fingerprint density at radius 2 is 2.17 bits per heavy atom. The van der Waals surface area contributed by atoms with Gasteiger partial charge in [0.1, 0.15) is 0 Å². The molecular formula is C17H18N4O2S. The molecule has 4 rings (SSSR count). The highest BCUT2D eigenvalue weighted by Gasteiger charge is 2.37. The van der Waals surface area contributed by atoms with Crippen molar-refractivity contribution < 1.29 is 9.59 Å². The van der Waals surface area contributed by atoms with Crippen LogP contribution < -0.4 is 10.2 Å². The second kappa shape index (κ2) is 5.98. The van der Waals surface area contributed by atoms with E-state index < -0.39 is 0 Å². The number of thiophene rings is 1. The first-order valence-corrected chi connectivity index (χ1v) is 8.93. The third-order valence-electron chi connectivity index (χ3n) is 4.32. The third-order valence-corrected chi connectivity index (χ3v) is 5.50. The molecule has 2 aromatic rings. The van der Waals surface area contributed by atoms with Crippen molar-refractivity contribution in [3.05, 3.63) is 39.6 Å². The van der Waals surface area contributed by atoms with E-state index in [9.17, 15) is 9.59 Å². The van der Waals surface area contributed by atoms with Crippen LogP contribution in [0.4, 0.5) is 5.69 Å². The molecule has 3 heterocycles. The minimum Gasteiger partial charge on any atom is -0.346 e. The fraction of sp³-hybridized carbons (Fsp3) is 0.412. The van der Waals surface area contributed by atoms with Crippen LogP contribution >= 0.6 is 11.3 Å². The van der Waals surface area contributed by atoms with Gasteiger partial charge in [0.2, 0.25) is 5.91 Å². The lowest BCUT2D eigenvalue weighted by Crippen LogP contribution is -2.30. The van der Waals surface area contributed by atoms with Gasteiger partial charge < -0.3 is 10.2 Å². The zero-order valence-electron chi connectivity index (χ0n) is 13.4. The molecule has 6 nitrogen and oxygen atoms in total. The van der Waals surface area contributed by atoms with Gasteiger partial charge in [0, 0.05) is 30.0 Å². The molecule has 0 radical (unpaired) electrons. The van der Waals surface area contributed by atoms with Gasteiger partial charge in [-0.2, -0.15) is 0 Å². The molecule has 7 heteroatoms. The zero-order chi connectivity index (χ0) is 16.7. The van der Waals surface area contributed by atoms with Gasteiger partial charge in [0.15, 0.2) is 0 Å². The Labute approximate surface area is 143 Å². The van der Waals surface area contributed by atoms with Crippen LogP contribution in [0.3, 0.4) is 0 Å². The first kappa shape index (κ1) is 15.3. The monoisotopic (exact) mass is 342 g/mol. The first-order chi connectivity index (χ1) is 11.6. The van der Waals surface area contributed by atoms with Crippen LogP contribution in [0.5, 0.6) is 0 Å². The molecule has 2 aromatic heterocycles. The van der Waals surface area contributed by atoms with E-state index >= 15 is 0 Å². The van der Waals surface area contributed by atoms with E-state index in [2.05, 4.69) is 15.3 Å². The van der Waals surface area contributed by atoms with Crippen molar-refractivity contribution in [3.8, 4) is 0 Å². The number of carbonyl (C=O) groups excluding carboxylic acids is 2. The summed E-state index contributed by atoms with van der Waals surface area (Å²) >= 11 is 1.48. The summed E-state index contributed by atoms with van der Waals surface area (Å²) in [5, 5.41) is 2.87. The summed E-state index contributed by atoms with van der Waals surface area (Å²) < 4.78 is 0. The highest BCUT2D eigenvalue weighted by molar-refractivity contribution is 7.14. The fourth-order valence-electron chi connectivity index (χ4n) is 2.82. The van der Waals surface area contributed by atoms with Crippen molar-refractivity contribution in [1.82, 2.24) is 15.3 Å². The molecule has 0 atom stereocenters. The second-order valence-electron chi connectivity index (χ2n) is 6.27. The normalized spacial score (nSPS) is 16.1. The van der Waals surface area contributed by atoms with Gasteiger partial charge in [-0.05, 0) is 25.8 Å². The summed E-state index contributed by atoms with van der Waals surface area (Å²) in [4.78, 5) is 36.7. The number of carbonyl (C=O) groups is 2. The van der Waals surface area contributed by atoms with Gasteiger partial charge in [0.05, 0.1) is 34.7 Å². The SMILES string of the molecule is Cc1cnc(CNC(=O)c2cc3c(s2)CCN3C(=O)C2CC2)cn1. The average Bonchev–Trinajstić information content (AvgIpc) is 3.23. The highest BCUT2D eigenvalue weighted by Crippen LogP contribution is 2.40. The van der Waals surface area contributed by atoms with Gasteiger partial charge in [0.25, 0.3) is 5.91 Å². The van der Waals surface area contributed by atoms with Crippen LogP contribution in [0, 0.1) is 12.8 Å². The predicted octanol–water partition coefficient (Wildman–Crippen LogP) is 2.08. The molecule has 0 aromatic carbocycles. The van der Waals surface area contributed by atoms with Gasteiger partial charge in [-0.1, -0.05) is 0 Å². The number of nitrogens with one attached hydrogen (secondary N) is 1. The van der Waals surface area contributed by atoms with Gasteiger partial charge in [-0.15, -0.1) is 11.3 Å². The average molecular weight is 342 g/mol. The fourth-order valence-corrected chi connectivity index (χ4v) is 3.89. The molecule has 0 spiro atoms. The van der Waals surface area contributed by atoms with Gasteiger partial charge in [-0.3, -0.25) is 19.6 Å². The van der Waals surface area contributed by atoms with Crippen LogP contribution in [0.25, 0.3) is 0 Å². The zero-order valence-corrected chi connectivity index (χ0v) is 14.2. The Morgan fingerprint density at radius 1 is 1.33 bits per heavy atom. The Morgan fingerprint density at radius 3 is 2.88 bits per heavy atom. The summed E-state index contributed by atoms with van der Waals surface area (Å²) in [6.45, 7) is 2.97. The molecule has 2 aliphatic rings. The molecule has 2 amide bonds. The number of aryl methyl sites for hydroxylation is 1. The van der Waals surface area contributed by atoms with Crippen LogP contribution in [0.2, 0.25) is 0 Å². The number of amides is 2. The van der Waals surface area contributed by atoms with Gasteiger partial charge in [-0.25, -0.2) is 0 Å². The molecule has 0 bridgehead atoms. The highest BCUT2D eigenvalue weighted by atomic mass is 32.1. The number of hydrogen-bond acceptors (Lipinski definition) is 5. The van der Waals surface area contributed by atoms with Crippen LogP contribution in [0.1, 0.15) is 38.8 Å². The predicted molar refractivity (Wildman–Crippen MR) is 91.0 cm³/mol. The second-order valence-corrected chi connectivity index (χ2v) is 7.40. The van der Waals surface area contributed by atoms with E-state index in [1.165, 1.54) is 11.3 Å². The van der Waals surface area contributed by atoms with E-state index in [0.29, 0.717) is 11.4 Å². The van der Waals surface area contributed by atoms with E-state index in [4.69, 9.17) is 0 Å². The quantitative estimate of drug-likeness (QED) is 0.923. The molecule has 1 fully saturated rings. The molecule has 1 N–H and O–H groups in total. The molecule has 0 unspecified atom stereocenters. The summed E-state index contributed by atoms with van der Waals surface area (Å²) in [6.07, 6.45) is 6.19.